The van der Waals surface area contributed by atoms with E-state index in [2.05, 4.69) is 15.0 Å². The Kier molecular flexibility index (Phi) is 6.15. The summed E-state index contributed by atoms with van der Waals surface area (Å²) in [6.07, 6.45) is 3.59. The van der Waals surface area contributed by atoms with Gasteiger partial charge in [0.1, 0.15) is 11.8 Å². The van der Waals surface area contributed by atoms with Crippen molar-refractivity contribution in [2.24, 2.45) is 0 Å². The Morgan fingerprint density at radius 3 is 2.86 bits per heavy atom. The first kappa shape index (κ1) is 19.7. The molecule has 2 heterocycles. The number of methoxy groups -OCH3 is 1. The van der Waals surface area contributed by atoms with Crippen molar-refractivity contribution >= 4 is 34.6 Å². The lowest BCUT2D eigenvalue weighted by molar-refractivity contribution is 0.0496. The number of carbonyl (C=O) groups is 1. The van der Waals surface area contributed by atoms with Gasteiger partial charge in [0.15, 0.2) is 23.0 Å². The third kappa shape index (κ3) is 4.09. The molecule has 28 heavy (non-hydrogen) atoms. The second kappa shape index (κ2) is 8.75. The van der Waals surface area contributed by atoms with Crippen molar-refractivity contribution in [3.63, 3.8) is 0 Å². The van der Waals surface area contributed by atoms with Crippen molar-refractivity contribution < 1.29 is 19.0 Å². The van der Waals surface area contributed by atoms with Crippen molar-refractivity contribution in [2.75, 3.05) is 26.1 Å². The van der Waals surface area contributed by atoms with Crippen molar-refractivity contribution in [1.29, 1.82) is 0 Å². The van der Waals surface area contributed by atoms with Crippen LogP contribution in [0.3, 0.4) is 0 Å². The highest BCUT2D eigenvalue weighted by molar-refractivity contribution is 6.32. The molecule has 0 unspecified atom stereocenters. The zero-order valence-corrected chi connectivity index (χ0v) is 16.3. The molecule has 0 aliphatic carbocycles. The van der Waals surface area contributed by atoms with E-state index in [0.717, 1.165) is 0 Å². The molecule has 0 aliphatic heterocycles. The standard InChI is InChI=1S/C18H20ClN5O4/c1-3-27-15-12(19)7-11(8-13(15)26-2)18(25)28-6-4-5-24-10-23-14-16(20)21-9-22-17(14)24/h7-10H,3-6H2,1-2H3,(H2,20,21,22). The minimum Gasteiger partial charge on any atom is -0.493 e. The Morgan fingerprint density at radius 1 is 1.29 bits per heavy atom. The van der Waals surface area contributed by atoms with Gasteiger partial charge in [0.25, 0.3) is 0 Å². The summed E-state index contributed by atoms with van der Waals surface area (Å²) in [4.78, 5) is 24.6. The van der Waals surface area contributed by atoms with Crippen LogP contribution >= 0.6 is 11.6 Å². The molecule has 0 fully saturated rings. The number of carbonyl (C=O) groups excluding carboxylic acids is 1. The van der Waals surface area contributed by atoms with Gasteiger partial charge in [-0.15, -0.1) is 0 Å². The fraction of sp³-hybridized carbons (Fsp3) is 0.333. The van der Waals surface area contributed by atoms with Gasteiger partial charge in [0, 0.05) is 6.54 Å². The predicted octanol–water partition coefficient (Wildman–Crippen LogP) is 2.72. The molecule has 148 valence electrons. The highest BCUT2D eigenvalue weighted by atomic mass is 35.5. The highest BCUT2D eigenvalue weighted by Gasteiger charge is 2.16. The van der Waals surface area contributed by atoms with Gasteiger partial charge in [-0.25, -0.2) is 19.7 Å². The molecule has 3 rings (SSSR count). The zero-order chi connectivity index (χ0) is 20.1. The third-order valence-electron chi connectivity index (χ3n) is 3.96. The summed E-state index contributed by atoms with van der Waals surface area (Å²) in [7, 11) is 1.48. The molecule has 0 amide bonds. The van der Waals surface area contributed by atoms with Crippen LogP contribution in [-0.4, -0.2) is 45.8 Å². The second-order valence-corrected chi connectivity index (χ2v) is 6.19. The molecular formula is C18H20ClN5O4. The minimum atomic E-state index is -0.495. The first-order valence-corrected chi connectivity index (χ1v) is 9.01. The number of halogens is 1. The average molecular weight is 406 g/mol. The molecule has 0 atom stereocenters. The number of aromatic nitrogens is 4. The van der Waals surface area contributed by atoms with E-state index in [1.165, 1.54) is 19.5 Å². The molecule has 0 bridgehead atoms. The molecule has 9 nitrogen and oxygen atoms in total. The minimum absolute atomic E-state index is 0.215. The summed E-state index contributed by atoms with van der Waals surface area (Å²) in [5, 5.41) is 0.287. The lowest BCUT2D eigenvalue weighted by Crippen LogP contribution is -2.09. The van der Waals surface area contributed by atoms with Crippen molar-refractivity contribution in [2.45, 2.75) is 19.9 Å². The van der Waals surface area contributed by atoms with Crippen LogP contribution in [0.5, 0.6) is 11.5 Å². The number of fused-ring (bicyclic) bond motifs is 1. The fourth-order valence-corrected chi connectivity index (χ4v) is 2.93. The summed E-state index contributed by atoms with van der Waals surface area (Å²) in [5.41, 5.74) is 7.25. The van der Waals surface area contributed by atoms with Gasteiger partial charge in [-0.05, 0) is 25.5 Å². The Bertz CT molecular complexity index is 992. The number of ether oxygens (including phenoxy) is 3. The Hall–Kier alpha value is -3.07. The van der Waals surface area contributed by atoms with Crippen LogP contribution in [0.25, 0.3) is 11.2 Å². The van der Waals surface area contributed by atoms with Crippen LogP contribution in [0.2, 0.25) is 5.02 Å². The maximum absolute atomic E-state index is 12.3. The topological polar surface area (TPSA) is 114 Å². The molecule has 3 aromatic rings. The molecule has 2 aromatic heterocycles. The Balaban J connectivity index is 1.60. The van der Waals surface area contributed by atoms with E-state index in [9.17, 15) is 4.79 Å². The van der Waals surface area contributed by atoms with Crippen LogP contribution in [0.1, 0.15) is 23.7 Å². The lowest BCUT2D eigenvalue weighted by atomic mass is 10.2. The van der Waals surface area contributed by atoms with Gasteiger partial charge in [0.2, 0.25) is 0 Å². The number of imidazole rings is 1. The van der Waals surface area contributed by atoms with Gasteiger partial charge in [-0.3, -0.25) is 0 Å². The van der Waals surface area contributed by atoms with Crippen molar-refractivity contribution in [3.8, 4) is 11.5 Å². The summed E-state index contributed by atoms with van der Waals surface area (Å²) in [6.45, 7) is 3.04. The number of nitrogens with two attached hydrogens (primary N) is 1. The number of esters is 1. The molecule has 0 saturated carbocycles. The van der Waals surface area contributed by atoms with E-state index in [0.29, 0.717) is 53.6 Å². The molecule has 0 saturated heterocycles. The molecule has 0 radical (unpaired) electrons. The fourth-order valence-electron chi connectivity index (χ4n) is 2.67. The number of aryl methyl sites for hydroxylation is 1. The van der Waals surface area contributed by atoms with Gasteiger partial charge in [0.05, 0.1) is 37.2 Å². The van der Waals surface area contributed by atoms with E-state index < -0.39 is 5.97 Å². The number of benzene rings is 1. The molecular weight excluding hydrogens is 386 g/mol. The number of rotatable bonds is 8. The average Bonchev–Trinajstić information content (AvgIpc) is 3.11. The van der Waals surface area contributed by atoms with Crippen LogP contribution in [-0.2, 0) is 11.3 Å². The predicted molar refractivity (Wildman–Crippen MR) is 104 cm³/mol. The van der Waals surface area contributed by atoms with Gasteiger partial charge in [-0.2, -0.15) is 0 Å². The summed E-state index contributed by atoms with van der Waals surface area (Å²) >= 11 is 6.19. The lowest BCUT2D eigenvalue weighted by Gasteiger charge is -2.13. The quantitative estimate of drug-likeness (QED) is 0.449. The maximum Gasteiger partial charge on any atom is 0.338 e. The van der Waals surface area contributed by atoms with Gasteiger partial charge >= 0.3 is 5.97 Å². The molecule has 0 aliphatic rings. The number of nitrogens with zero attached hydrogens (tertiary/aromatic N) is 4. The molecule has 10 heteroatoms. The number of anilines is 1. The first-order valence-electron chi connectivity index (χ1n) is 8.64. The maximum atomic E-state index is 12.3. The molecule has 0 spiro atoms. The first-order chi connectivity index (χ1) is 13.5. The number of nitrogen functional groups attached to an aromatic ring is 1. The third-order valence-corrected chi connectivity index (χ3v) is 4.24. The largest absolute Gasteiger partial charge is 0.493 e. The SMILES string of the molecule is CCOc1c(Cl)cc(C(=O)OCCCn2cnc3c(N)ncnc32)cc1OC. The van der Waals surface area contributed by atoms with E-state index in [1.807, 2.05) is 11.5 Å². The Labute approximate surface area is 166 Å². The summed E-state index contributed by atoms with van der Waals surface area (Å²) in [5.74, 6) is 0.613. The second-order valence-electron chi connectivity index (χ2n) is 5.78. The van der Waals surface area contributed by atoms with Gasteiger partial charge < -0.3 is 24.5 Å². The highest BCUT2D eigenvalue weighted by Crippen LogP contribution is 2.36. The molecule has 1 aromatic carbocycles. The van der Waals surface area contributed by atoms with E-state index in [-0.39, 0.29) is 11.6 Å². The van der Waals surface area contributed by atoms with E-state index in [4.69, 9.17) is 31.5 Å². The van der Waals surface area contributed by atoms with Gasteiger partial charge in [-0.1, -0.05) is 11.6 Å². The smallest absolute Gasteiger partial charge is 0.338 e. The van der Waals surface area contributed by atoms with Crippen molar-refractivity contribution in [3.05, 3.63) is 35.4 Å². The van der Waals surface area contributed by atoms with E-state index >= 15 is 0 Å². The van der Waals surface area contributed by atoms with Crippen LogP contribution < -0.4 is 15.2 Å². The molecule has 2 N–H and O–H groups in total. The summed E-state index contributed by atoms with van der Waals surface area (Å²) in [6, 6.07) is 3.04. The normalized spacial score (nSPS) is 10.8. The van der Waals surface area contributed by atoms with Crippen LogP contribution in [0.4, 0.5) is 5.82 Å². The summed E-state index contributed by atoms with van der Waals surface area (Å²) < 4.78 is 17.8. The van der Waals surface area contributed by atoms with Crippen molar-refractivity contribution in [1.82, 2.24) is 19.5 Å². The van der Waals surface area contributed by atoms with Crippen LogP contribution in [0.15, 0.2) is 24.8 Å². The number of hydrogen-bond acceptors (Lipinski definition) is 8. The van der Waals surface area contributed by atoms with Crippen LogP contribution in [0, 0.1) is 0 Å². The monoisotopic (exact) mass is 405 g/mol. The Morgan fingerprint density at radius 2 is 2.11 bits per heavy atom. The number of hydrogen-bond donors (Lipinski definition) is 1. The van der Waals surface area contributed by atoms with E-state index in [1.54, 1.807) is 12.4 Å². The zero-order valence-electron chi connectivity index (χ0n) is 15.5.